The van der Waals surface area contributed by atoms with Gasteiger partial charge >= 0.3 is 12.1 Å². The van der Waals surface area contributed by atoms with Crippen LogP contribution in [0.25, 0.3) is 11.1 Å². The van der Waals surface area contributed by atoms with Gasteiger partial charge in [0.05, 0.1) is 0 Å². The second-order valence-electron chi connectivity index (χ2n) is 8.21. The number of aromatic amines is 1. The lowest BCUT2D eigenvalue weighted by molar-refractivity contribution is -0.138. The molecule has 10 nitrogen and oxygen atoms in total. The van der Waals surface area contributed by atoms with E-state index in [1.54, 1.807) is 6.92 Å². The Balaban J connectivity index is 1.29. The van der Waals surface area contributed by atoms with Crippen molar-refractivity contribution in [1.82, 2.24) is 20.5 Å². The summed E-state index contributed by atoms with van der Waals surface area (Å²) in [4.78, 5) is 39.2. The first-order chi connectivity index (χ1) is 16.4. The number of hydrogen-bond acceptors (Lipinski definition) is 6. The van der Waals surface area contributed by atoms with Crippen LogP contribution >= 0.6 is 0 Å². The van der Waals surface area contributed by atoms with Crippen LogP contribution in [-0.2, 0) is 9.53 Å². The molecule has 1 aliphatic rings. The molecule has 0 saturated carbocycles. The number of H-pyrrole nitrogens is 1. The van der Waals surface area contributed by atoms with Crippen LogP contribution < -0.4 is 10.6 Å². The monoisotopic (exact) mass is 463 g/mol. The van der Waals surface area contributed by atoms with Crippen LogP contribution in [0.3, 0.4) is 0 Å². The molecule has 4 rings (SSSR count). The smallest absolute Gasteiger partial charge is 0.414 e. The van der Waals surface area contributed by atoms with Gasteiger partial charge in [-0.1, -0.05) is 55.5 Å². The second-order valence-corrected chi connectivity index (χ2v) is 8.21. The standard InChI is InChI=1S/C24H25N5O5/c1-14(12-20(30)31)10-11-25-22(32)21-26-23(29-28-21)27-24(33)34-13-19-17-8-4-2-6-15(17)16-7-3-5-9-18(16)19/h2-9,14,19H,10-13H2,1H3,(H,25,32)(H,30,31)(H2,26,27,28,29,33). The molecule has 2 aromatic carbocycles. The zero-order chi connectivity index (χ0) is 24.1. The predicted octanol–water partition coefficient (Wildman–Crippen LogP) is 3.40. The van der Waals surface area contributed by atoms with E-state index in [4.69, 9.17) is 9.84 Å². The van der Waals surface area contributed by atoms with Crippen molar-refractivity contribution in [1.29, 1.82) is 0 Å². The Morgan fingerprint density at radius 3 is 2.38 bits per heavy atom. The second kappa shape index (κ2) is 10.2. The van der Waals surface area contributed by atoms with E-state index in [9.17, 15) is 14.4 Å². The zero-order valence-corrected chi connectivity index (χ0v) is 18.6. The maximum Gasteiger partial charge on any atom is 0.414 e. The average molecular weight is 463 g/mol. The number of aliphatic carboxylic acids is 1. The Labute approximate surface area is 195 Å². The lowest BCUT2D eigenvalue weighted by atomic mass is 9.98. The van der Waals surface area contributed by atoms with E-state index < -0.39 is 18.0 Å². The number of carboxylic acids is 1. The number of carboxylic acid groups (broad SMARTS) is 1. The Morgan fingerprint density at radius 1 is 1.09 bits per heavy atom. The number of anilines is 1. The summed E-state index contributed by atoms with van der Waals surface area (Å²) < 4.78 is 5.44. The Kier molecular flexibility index (Phi) is 6.86. The van der Waals surface area contributed by atoms with Crippen LogP contribution in [0.2, 0.25) is 0 Å². The van der Waals surface area contributed by atoms with E-state index in [0.29, 0.717) is 13.0 Å². The fourth-order valence-electron chi connectivity index (χ4n) is 4.06. The molecule has 0 aliphatic heterocycles. The molecule has 0 spiro atoms. The first-order valence-electron chi connectivity index (χ1n) is 11.0. The van der Waals surface area contributed by atoms with E-state index in [1.807, 2.05) is 36.4 Å². The van der Waals surface area contributed by atoms with Crippen molar-refractivity contribution in [2.45, 2.75) is 25.7 Å². The van der Waals surface area contributed by atoms with Gasteiger partial charge in [0.1, 0.15) is 6.61 Å². The molecule has 0 saturated heterocycles. The van der Waals surface area contributed by atoms with Gasteiger partial charge in [-0.05, 0) is 34.6 Å². The van der Waals surface area contributed by atoms with Crippen molar-refractivity contribution in [2.75, 3.05) is 18.5 Å². The van der Waals surface area contributed by atoms with Gasteiger partial charge < -0.3 is 15.2 Å². The van der Waals surface area contributed by atoms with Gasteiger partial charge in [0.15, 0.2) is 0 Å². The molecule has 1 unspecified atom stereocenters. The molecule has 3 aromatic rings. The molecule has 0 fully saturated rings. The minimum Gasteiger partial charge on any atom is -0.481 e. The van der Waals surface area contributed by atoms with Crippen LogP contribution in [0.4, 0.5) is 10.7 Å². The van der Waals surface area contributed by atoms with E-state index >= 15 is 0 Å². The molecule has 0 radical (unpaired) electrons. The van der Waals surface area contributed by atoms with Gasteiger partial charge in [0, 0.05) is 18.9 Å². The number of rotatable bonds is 9. The van der Waals surface area contributed by atoms with Crippen molar-refractivity contribution in [2.24, 2.45) is 5.92 Å². The zero-order valence-electron chi connectivity index (χ0n) is 18.6. The van der Waals surface area contributed by atoms with Crippen molar-refractivity contribution >= 4 is 23.9 Å². The number of benzene rings is 2. The Hall–Kier alpha value is -4.21. The van der Waals surface area contributed by atoms with Crippen molar-refractivity contribution in [3.63, 3.8) is 0 Å². The van der Waals surface area contributed by atoms with Gasteiger partial charge in [-0.15, -0.1) is 5.10 Å². The molecule has 4 N–H and O–H groups in total. The SMILES string of the molecule is CC(CCNC(=O)c1nc(NC(=O)OCC2c3ccccc3-c3ccccc32)n[nH]1)CC(=O)O. The first kappa shape index (κ1) is 23.0. The summed E-state index contributed by atoms with van der Waals surface area (Å²) in [5.41, 5.74) is 4.47. The van der Waals surface area contributed by atoms with Gasteiger partial charge in [0.2, 0.25) is 5.82 Å². The molecule has 2 amide bonds. The largest absolute Gasteiger partial charge is 0.481 e. The minimum atomic E-state index is -0.877. The first-order valence-corrected chi connectivity index (χ1v) is 11.0. The van der Waals surface area contributed by atoms with Gasteiger partial charge in [-0.25, -0.2) is 4.79 Å². The summed E-state index contributed by atoms with van der Waals surface area (Å²) in [5.74, 6) is -1.68. The van der Waals surface area contributed by atoms with Gasteiger partial charge in [-0.2, -0.15) is 4.98 Å². The van der Waals surface area contributed by atoms with Crippen molar-refractivity contribution in [3.05, 3.63) is 65.5 Å². The lowest BCUT2D eigenvalue weighted by Gasteiger charge is -2.13. The third-order valence-electron chi connectivity index (χ3n) is 5.70. The summed E-state index contributed by atoms with van der Waals surface area (Å²) in [7, 11) is 0. The normalized spacial score (nSPS) is 13.0. The number of amides is 2. The Bertz CT molecular complexity index is 1160. The maximum atomic E-state index is 12.3. The number of ether oxygens (including phenoxy) is 1. The highest BCUT2D eigenvalue weighted by Gasteiger charge is 2.29. The summed E-state index contributed by atoms with van der Waals surface area (Å²) in [6.07, 6.45) is -0.182. The lowest BCUT2D eigenvalue weighted by Crippen LogP contribution is -2.27. The van der Waals surface area contributed by atoms with Crippen LogP contribution in [0.5, 0.6) is 0 Å². The molecular formula is C24H25N5O5. The highest BCUT2D eigenvalue weighted by Crippen LogP contribution is 2.44. The highest BCUT2D eigenvalue weighted by molar-refractivity contribution is 5.91. The molecule has 0 bridgehead atoms. The number of carbonyl (C=O) groups excluding carboxylic acids is 2. The predicted molar refractivity (Wildman–Crippen MR) is 123 cm³/mol. The average Bonchev–Trinajstić information content (AvgIpc) is 3.40. The number of nitrogens with zero attached hydrogens (tertiary/aromatic N) is 2. The molecule has 1 aliphatic carbocycles. The summed E-state index contributed by atoms with van der Waals surface area (Å²) in [5, 5.41) is 20.1. The maximum absolute atomic E-state index is 12.3. The fourth-order valence-corrected chi connectivity index (χ4v) is 4.06. The Morgan fingerprint density at radius 2 is 1.74 bits per heavy atom. The number of hydrogen-bond donors (Lipinski definition) is 4. The molecule has 1 aromatic heterocycles. The highest BCUT2D eigenvalue weighted by atomic mass is 16.5. The van der Waals surface area contributed by atoms with Crippen molar-refractivity contribution in [3.8, 4) is 11.1 Å². The van der Waals surface area contributed by atoms with E-state index in [1.165, 1.54) is 0 Å². The van der Waals surface area contributed by atoms with E-state index in [-0.39, 0.29) is 36.6 Å². The van der Waals surface area contributed by atoms with Crippen LogP contribution in [0.1, 0.15) is 47.4 Å². The molecule has 10 heteroatoms. The van der Waals surface area contributed by atoms with Crippen LogP contribution in [-0.4, -0.2) is 51.4 Å². The summed E-state index contributed by atoms with van der Waals surface area (Å²) >= 11 is 0. The van der Waals surface area contributed by atoms with Crippen molar-refractivity contribution < 1.29 is 24.2 Å². The number of nitrogens with one attached hydrogen (secondary N) is 3. The molecule has 34 heavy (non-hydrogen) atoms. The van der Waals surface area contributed by atoms with E-state index in [0.717, 1.165) is 22.3 Å². The van der Waals surface area contributed by atoms with E-state index in [2.05, 4.69) is 37.9 Å². The molecule has 176 valence electrons. The molecular weight excluding hydrogens is 438 g/mol. The van der Waals surface area contributed by atoms with Gasteiger partial charge in [-0.3, -0.25) is 20.0 Å². The molecule has 1 heterocycles. The molecule has 1 atom stereocenters. The van der Waals surface area contributed by atoms with Crippen LogP contribution in [0, 0.1) is 5.92 Å². The summed E-state index contributed by atoms with van der Waals surface area (Å²) in [6.45, 7) is 2.24. The van der Waals surface area contributed by atoms with Gasteiger partial charge in [0.25, 0.3) is 11.9 Å². The number of aromatic nitrogens is 3. The minimum absolute atomic E-state index is 0.0341. The third-order valence-corrected chi connectivity index (χ3v) is 5.70. The number of carbonyl (C=O) groups is 3. The fraction of sp³-hybridized carbons (Fsp3) is 0.292. The quantitative estimate of drug-likeness (QED) is 0.380. The topological polar surface area (TPSA) is 146 Å². The van der Waals surface area contributed by atoms with Crippen LogP contribution in [0.15, 0.2) is 48.5 Å². The number of fused-ring (bicyclic) bond motifs is 3. The third kappa shape index (κ3) is 5.22. The summed E-state index contributed by atoms with van der Waals surface area (Å²) in [6, 6.07) is 16.1.